The highest BCUT2D eigenvalue weighted by Crippen LogP contribution is 2.22. The molecule has 0 saturated carbocycles. The Morgan fingerprint density at radius 2 is 2.11 bits per heavy atom. The summed E-state index contributed by atoms with van der Waals surface area (Å²) in [5.74, 6) is -0.859. The summed E-state index contributed by atoms with van der Waals surface area (Å²) in [7, 11) is 0. The number of alkyl halides is 1. The van der Waals surface area contributed by atoms with E-state index in [0.717, 1.165) is 0 Å². The van der Waals surface area contributed by atoms with Gasteiger partial charge >= 0.3 is 0 Å². The molecule has 2 aromatic heterocycles. The number of hydrogen-bond acceptors (Lipinski definition) is 5. The van der Waals surface area contributed by atoms with Crippen molar-refractivity contribution < 1.29 is 18.8 Å². The van der Waals surface area contributed by atoms with Gasteiger partial charge in [0.1, 0.15) is 34.9 Å². The van der Waals surface area contributed by atoms with Gasteiger partial charge < -0.3 is 10.2 Å². The minimum atomic E-state index is -1.29. The Labute approximate surface area is 162 Å². The summed E-state index contributed by atoms with van der Waals surface area (Å²) < 4.78 is 15.8. The molecule has 10 heteroatoms. The van der Waals surface area contributed by atoms with Crippen LogP contribution in [0.15, 0.2) is 35.1 Å². The Hall–Kier alpha value is -2.62. The average Bonchev–Trinajstić information content (AvgIpc) is 3.21. The second kappa shape index (κ2) is 7.95. The topological polar surface area (TPSA) is 97.2 Å². The van der Waals surface area contributed by atoms with E-state index in [4.69, 9.17) is 0 Å². The molecule has 1 fully saturated rings. The van der Waals surface area contributed by atoms with Crippen molar-refractivity contribution in [3.8, 4) is 0 Å². The van der Waals surface area contributed by atoms with Crippen LogP contribution in [0.2, 0.25) is 0 Å². The van der Waals surface area contributed by atoms with Gasteiger partial charge in [-0.1, -0.05) is 6.07 Å². The van der Waals surface area contributed by atoms with Crippen LogP contribution in [0.5, 0.6) is 0 Å². The third kappa shape index (κ3) is 4.57. The van der Waals surface area contributed by atoms with E-state index in [-0.39, 0.29) is 31.0 Å². The molecule has 0 aromatic carbocycles. The van der Waals surface area contributed by atoms with Gasteiger partial charge in [0.05, 0.1) is 6.54 Å². The number of aromatic nitrogens is 3. The summed E-state index contributed by atoms with van der Waals surface area (Å²) in [6.07, 6.45) is 0.132. The van der Waals surface area contributed by atoms with Gasteiger partial charge in [-0.05, 0) is 34.1 Å². The fourth-order valence-electron chi connectivity index (χ4n) is 2.86. The first-order valence-electron chi connectivity index (χ1n) is 8.25. The number of carbonyl (C=O) groups excluding carboxylic acids is 3. The summed E-state index contributed by atoms with van der Waals surface area (Å²) in [5, 5.41) is 6.60. The summed E-state index contributed by atoms with van der Waals surface area (Å²) in [6.45, 7) is 1.03. The van der Waals surface area contributed by atoms with Crippen molar-refractivity contribution >= 4 is 39.3 Å². The quantitative estimate of drug-likeness (QED) is 0.568. The number of likely N-dealkylation sites (tertiary alicyclic amines) is 1. The number of pyridine rings is 1. The SMILES string of the molecule is CC(=O)c1ccn(CC(=O)N2C[C@H](F)C[C@H]2C(=O)Nc2cccc(Br)n2)n1. The van der Waals surface area contributed by atoms with Crippen LogP contribution in [0.4, 0.5) is 10.2 Å². The van der Waals surface area contributed by atoms with Crippen LogP contribution in [0.1, 0.15) is 23.8 Å². The molecule has 0 bridgehead atoms. The zero-order valence-electron chi connectivity index (χ0n) is 14.4. The van der Waals surface area contributed by atoms with Crippen molar-refractivity contribution in [1.82, 2.24) is 19.7 Å². The van der Waals surface area contributed by atoms with Gasteiger partial charge in [0, 0.05) is 19.5 Å². The maximum absolute atomic E-state index is 13.9. The van der Waals surface area contributed by atoms with E-state index in [1.54, 1.807) is 18.2 Å². The second-order valence-corrected chi connectivity index (χ2v) is 7.00. The predicted molar refractivity (Wildman–Crippen MR) is 97.8 cm³/mol. The zero-order chi connectivity index (χ0) is 19.6. The predicted octanol–water partition coefficient (Wildman–Crippen LogP) is 1.82. The summed E-state index contributed by atoms with van der Waals surface area (Å²) in [6, 6.07) is 5.57. The lowest BCUT2D eigenvalue weighted by Gasteiger charge is -2.23. The standard InChI is InChI=1S/C17H17BrFN5O3/c1-10(25)12-5-6-23(22-12)9-16(26)24-8-11(19)7-13(24)17(27)21-15-4-2-3-14(18)20-15/h2-6,11,13H,7-9H2,1H3,(H,20,21,27)/t11-,13+/m1/s1. The summed E-state index contributed by atoms with van der Waals surface area (Å²) in [4.78, 5) is 41.7. The Morgan fingerprint density at radius 1 is 1.33 bits per heavy atom. The highest BCUT2D eigenvalue weighted by atomic mass is 79.9. The molecule has 3 heterocycles. The van der Waals surface area contributed by atoms with Crippen LogP contribution < -0.4 is 5.32 Å². The monoisotopic (exact) mass is 437 g/mol. The van der Waals surface area contributed by atoms with Crippen LogP contribution in [0.3, 0.4) is 0 Å². The second-order valence-electron chi connectivity index (χ2n) is 6.18. The average molecular weight is 438 g/mol. The van der Waals surface area contributed by atoms with Crippen molar-refractivity contribution in [3.05, 3.63) is 40.8 Å². The third-order valence-electron chi connectivity index (χ3n) is 4.14. The lowest BCUT2D eigenvalue weighted by atomic mass is 10.2. The number of amides is 2. The fourth-order valence-corrected chi connectivity index (χ4v) is 3.21. The molecule has 2 aromatic rings. The number of halogens is 2. The van der Waals surface area contributed by atoms with E-state index in [0.29, 0.717) is 10.4 Å². The molecule has 142 valence electrons. The molecular formula is C17H17BrFN5O3. The highest BCUT2D eigenvalue weighted by molar-refractivity contribution is 9.10. The molecular weight excluding hydrogens is 421 g/mol. The van der Waals surface area contributed by atoms with Crippen molar-refractivity contribution in [3.63, 3.8) is 0 Å². The van der Waals surface area contributed by atoms with E-state index in [2.05, 4.69) is 31.3 Å². The molecule has 3 rings (SSSR count). The number of nitrogens with zero attached hydrogens (tertiary/aromatic N) is 4. The van der Waals surface area contributed by atoms with Gasteiger partial charge in [0.15, 0.2) is 5.78 Å². The number of carbonyl (C=O) groups is 3. The number of anilines is 1. The number of rotatable bonds is 5. The van der Waals surface area contributed by atoms with E-state index >= 15 is 0 Å². The smallest absolute Gasteiger partial charge is 0.248 e. The van der Waals surface area contributed by atoms with Gasteiger partial charge in [-0.15, -0.1) is 0 Å². The first-order chi connectivity index (χ1) is 12.8. The number of ketones is 1. The molecule has 27 heavy (non-hydrogen) atoms. The molecule has 0 aliphatic carbocycles. The Balaban J connectivity index is 1.69. The van der Waals surface area contributed by atoms with Gasteiger partial charge in [0.25, 0.3) is 0 Å². The lowest BCUT2D eigenvalue weighted by Crippen LogP contribution is -2.44. The highest BCUT2D eigenvalue weighted by Gasteiger charge is 2.40. The molecule has 1 aliphatic heterocycles. The molecule has 2 amide bonds. The van der Waals surface area contributed by atoms with Crippen molar-refractivity contribution in [2.24, 2.45) is 0 Å². The summed E-state index contributed by atoms with van der Waals surface area (Å²) in [5.41, 5.74) is 0.239. The van der Waals surface area contributed by atoms with Crippen molar-refractivity contribution in [2.75, 3.05) is 11.9 Å². The number of Topliss-reactive ketones (excluding diaryl/α,β-unsaturated/α-hetero) is 1. The van der Waals surface area contributed by atoms with E-state index in [9.17, 15) is 18.8 Å². The van der Waals surface area contributed by atoms with Gasteiger partial charge in [-0.3, -0.25) is 19.1 Å². The number of nitrogens with one attached hydrogen (secondary N) is 1. The molecule has 1 saturated heterocycles. The van der Waals surface area contributed by atoms with Crippen molar-refractivity contribution in [1.29, 1.82) is 0 Å². The minimum Gasteiger partial charge on any atom is -0.326 e. The zero-order valence-corrected chi connectivity index (χ0v) is 16.0. The maximum Gasteiger partial charge on any atom is 0.248 e. The van der Waals surface area contributed by atoms with Crippen LogP contribution in [0.25, 0.3) is 0 Å². The maximum atomic E-state index is 13.9. The molecule has 1 aliphatic rings. The van der Waals surface area contributed by atoms with Crippen LogP contribution >= 0.6 is 15.9 Å². The summed E-state index contributed by atoms with van der Waals surface area (Å²) >= 11 is 3.21. The van der Waals surface area contributed by atoms with E-state index in [1.807, 2.05) is 0 Å². The van der Waals surface area contributed by atoms with E-state index in [1.165, 1.54) is 28.8 Å². The Bertz CT molecular complexity index is 887. The molecule has 0 spiro atoms. The Morgan fingerprint density at radius 3 is 2.78 bits per heavy atom. The molecule has 0 unspecified atom stereocenters. The van der Waals surface area contributed by atoms with Gasteiger partial charge in [0.2, 0.25) is 11.8 Å². The molecule has 1 N–H and O–H groups in total. The lowest BCUT2D eigenvalue weighted by molar-refractivity contribution is -0.137. The number of hydrogen-bond donors (Lipinski definition) is 1. The van der Waals surface area contributed by atoms with Crippen LogP contribution in [-0.4, -0.2) is 56.0 Å². The first-order valence-corrected chi connectivity index (χ1v) is 9.04. The van der Waals surface area contributed by atoms with Gasteiger partial charge in [-0.2, -0.15) is 5.10 Å². The minimum absolute atomic E-state index is 0.0800. The largest absolute Gasteiger partial charge is 0.326 e. The first kappa shape index (κ1) is 19.2. The van der Waals surface area contributed by atoms with Crippen LogP contribution in [-0.2, 0) is 16.1 Å². The van der Waals surface area contributed by atoms with Crippen molar-refractivity contribution in [2.45, 2.75) is 32.1 Å². The van der Waals surface area contributed by atoms with Crippen LogP contribution in [0, 0.1) is 0 Å². The molecule has 8 nitrogen and oxygen atoms in total. The van der Waals surface area contributed by atoms with Gasteiger partial charge in [-0.25, -0.2) is 9.37 Å². The normalized spacial score (nSPS) is 19.1. The Kier molecular flexibility index (Phi) is 5.64. The molecule has 0 radical (unpaired) electrons. The van der Waals surface area contributed by atoms with E-state index < -0.39 is 24.0 Å². The fraction of sp³-hybridized carbons (Fsp3) is 0.353. The molecule has 2 atom stereocenters. The third-order valence-corrected chi connectivity index (χ3v) is 4.58.